The van der Waals surface area contributed by atoms with E-state index in [1.807, 2.05) is 6.07 Å². The van der Waals surface area contributed by atoms with E-state index in [2.05, 4.69) is 10.3 Å². The van der Waals surface area contributed by atoms with Gasteiger partial charge in [0.15, 0.2) is 5.96 Å². The SMILES string of the molecule is COc1ccc(NC(N)=NCC2CCC(OC)CC2)cc1Cl.I. The summed E-state index contributed by atoms with van der Waals surface area (Å²) < 4.78 is 10.5. The molecule has 0 amide bonds. The van der Waals surface area contributed by atoms with Gasteiger partial charge in [0.2, 0.25) is 0 Å². The fourth-order valence-electron chi connectivity index (χ4n) is 2.71. The van der Waals surface area contributed by atoms with Crippen molar-refractivity contribution in [3.63, 3.8) is 0 Å². The van der Waals surface area contributed by atoms with E-state index in [-0.39, 0.29) is 24.0 Å². The predicted molar refractivity (Wildman–Crippen MR) is 106 cm³/mol. The molecule has 1 aliphatic rings. The minimum absolute atomic E-state index is 0. The van der Waals surface area contributed by atoms with Crippen molar-refractivity contribution < 1.29 is 9.47 Å². The first-order valence-electron chi connectivity index (χ1n) is 7.55. The molecule has 0 aromatic heterocycles. The third-order valence-corrected chi connectivity index (χ3v) is 4.37. The summed E-state index contributed by atoms with van der Waals surface area (Å²) in [6, 6.07) is 5.42. The van der Waals surface area contributed by atoms with Gasteiger partial charge in [0.1, 0.15) is 5.75 Å². The van der Waals surface area contributed by atoms with E-state index in [0.717, 1.165) is 37.9 Å². The number of hydrogen-bond acceptors (Lipinski definition) is 3. The monoisotopic (exact) mass is 453 g/mol. The normalized spacial score (nSPS) is 21.4. The molecule has 0 aliphatic heterocycles. The number of anilines is 1. The van der Waals surface area contributed by atoms with Crippen LogP contribution in [0.1, 0.15) is 25.7 Å². The number of nitrogens with zero attached hydrogens (tertiary/aromatic N) is 1. The number of halogens is 2. The minimum Gasteiger partial charge on any atom is -0.495 e. The first kappa shape index (κ1) is 20.3. The van der Waals surface area contributed by atoms with Crippen LogP contribution in [-0.2, 0) is 4.74 Å². The van der Waals surface area contributed by atoms with Gasteiger partial charge in [-0.25, -0.2) is 0 Å². The summed E-state index contributed by atoms with van der Waals surface area (Å²) in [5.74, 6) is 1.64. The molecule has 3 N–H and O–H groups in total. The highest BCUT2D eigenvalue weighted by Gasteiger charge is 2.20. The molecule has 23 heavy (non-hydrogen) atoms. The highest BCUT2D eigenvalue weighted by molar-refractivity contribution is 14.0. The van der Waals surface area contributed by atoms with Crippen molar-refractivity contribution in [3.05, 3.63) is 23.2 Å². The number of hydrogen-bond donors (Lipinski definition) is 2. The smallest absolute Gasteiger partial charge is 0.193 e. The fraction of sp³-hybridized carbons (Fsp3) is 0.562. The molecule has 130 valence electrons. The fourth-order valence-corrected chi connectivity index (χ4v) is 2.97. The molecule has 0 heterocycles. The molecular formula is C16H25ClIN3O2. The Morgan fingerprint density at radius 1 is 1.30 bits per heavy atom. The zero-order chi connectivity index (χ0) is 15.9. The Labute approximate surface area is 160 Å². The maximum Gasteiger partial charge on any atom is 0.193 e. The molecule has 1 fully saturated rings. The number of rotatable bonds is 5. The Kier molecular flexibility index (Phi) is 9.01. The first-order valence-corrected chi connectivity index (χ1v) is 7.93. The van der Waals surface area contributed by atoms with Crippen LogP contribution in [0.5, 0.6) is 5.75 Å². The van der Waals surface area contributed by atoms with Crippen molar-refractivity contribution in [2.24, 2.45) is 16.6 Å². The summed E-state index contributed by atoms with van der Waals surface area (Å²) in [5.41, 5.74) is 6.74. The van der Waals surface area contributed by atoms with Gasteiger partial charge < -0.3 is 20.5 Å². The summed E-state index contributed by atoms with van der Waals surface area (Å²) in [6.45, 7) is 0.749. The molecule has 0 saturated heterocycles. The van der Waals surface area contributed by atoms with Crippen LogP contribution in [0.15, 0.2) is 23.2 Å². The van der Waals surface area contributed by atoms with Gasteiger partial charge in [-0.1, -0.05) is 11.6 Å². The third-order valence-electron chi connectivity index (χ3n) is 4.07. The Bertz CT molecular complexity index is 520. The van der Waals surface area contributed by atoms with Crippen molar-refractivity contribution in [2.75, 3.05) is 26.1 Å². The largest absolute Gasteiger partial charge is 0.495 e. The molecule has 1 aliphatic carbocycles. The van der Waals surface area contributed by atoms with Crippen LogP contribution in [0, 0.1) is 5.92 Å². The molecule has 0 unspecified atom stereocenters. The molecule has 0 atom stereocenters. The number of benzene rings is 1. The summed E-state index contributed by atoms with van der Waals surface area (Å²) in [7, 11) is 3.37. The maximum atomic E-state index is 6.08. The number of ether oxygens (including phenoxy) is 2. The Hall–Kier alpha value is -0.730. The van der Waals surface area contributed by atoms with Crippen molar-refractivity contribution >= 4 is 47.2 Å². The molecule has 0 bridgehead atoms. The van der Waals surface area contributed by atoms with E-state index in [9.17, 15) is 0 Å². The molecule has 1 saturated carbocycles. The predicted octanol–water partition coefficient (Wildman–Crippen LogP) is 3.90. The lowest BCUT2D eigenvalue weighted by atomic mass is 9.87. The van der Waals surface area contributed by atoms with Crippen LogP contribution in [-0.4, -0.2) is 32.8 Å². The topological polar surface area (TPSA) is 68.9 Å². The van der Waals surface area contributed by atoms with Crippen LogP contribution in [0.3, 0.4) is 0 Å². The standard InChI is InChI=1S/C16H24ClN3O2.HI/c1-21-13-6-3-11(4-7-13)10-19-16(18)20-12-5-8-15(22-2)14(17)9-12;/h5,8-9,11,13H,3-4,6-7,10H2,1-2H3,(H3,18,19,20);1H. The molecule has 5 nitrogen and oxygen atoms in total. The average Bonchev–Trinajstić information content (AvgIpc) is 2.53. The first-order chi connectivity index (χ1) is 10.6. The van der Waals surface area contributed by atoms with E-state index in [0.29, 0.717) is 28.8 Å². The van der Waals surface area contributed by atoms with Crippen LogP contribution in [0.2, 0.25) is 5.02 Å². The third kappa shape index (κ3) is 6.35. The lowest BCUT2D eigenvalue weighted by Gasteiger charge is -2.26. The quantitative estimate of drug-likeness (QED) is 0.403. The molecule has 0 spiro atoms. The van der Waals surface area contributed by atoms with Gasteiger partial charge in [0, 0.05) is 19.3 Å². The van der Waals surface area contributed by atoms with E-state index in [4.69, 9.17) is 26.8 Å². The van der Waals surface area contributed by atoms with Crippen LogP contribution >= 0.6 is 35.6 Å². The second-order valence-electron chi connectivity index (χ2n) is 5.58. The van der Waals surface area contributed by atoms with Crippen molar-refractivity contribution in [2.45, 2.75) is 31.8 Å². The van der Waals surface area contributed by atoms with Gasteiger partial charge in [-0.2, -0.15) is 0 Å². The molecule has 7 heteroatoms. The number of guanidine groups is 1. The van der Waals surface area contributed by atoms with Crippen LogP contribution in [0.25, 0.3) is 0 Å². The average molecular weight is 454 g/mol. The lowest BCUT2D eigenvalue weighted by molar-refractivity contribution is 0.0581. The van der Waals surface area contributed by atoms with E-state index < -0.39 is 0 Å². The molecular weight excluding hydrogens is 429 g/mol. The van der Waals surface area contributed by atoms with Crippen LogP contribution < -0.4 is 15.8 Å². The Balaban J connectivity index is 0.00000264. The van der Waals surface area contributed by atoms with E-state index in [1.165, 1.54) is 0 Å². The summed E-state index contributed by atoms with van der Waals surface area (Å²) in [5, 5.41) is 3.60. The zero-order valence-electron chi connectivity index (χ0n) is 13.5. The van der Waals surface area contributed by atoms with E-state index in [1.54, 1.807) is 26.4 Å². The molecule has 0 radical (unpaired) electrons. The van der Waals surface area contributed by atoms with Gasteiger partial charge in [0.05, 0.1) is 18.2 Å². The van der Waals surface area contributed by atoms with Crippen molar-refractivity contribution in [3.8, 4) is 5.75 Å². The van der Waals surface area contributed by atoms with Gasteiger partial charge in [0.25, 0.3) is 0 Å². The summed E-state index contributed by atoms with van der Waals surface area (Å²) in [6.07, 6.45) is 4.92. The Morgan fingerprint density at radius 2 is 2.00 bits per heavy atom. The van der Waals surface area contributed by atoms with Crippen LogP contribution in [0.4, 0.5) is 5.69 Å². The highest BCUT2D eigenvalue weighted by atomic mass is 127. The molecule has 2 rings (SSSR count). The van der Waals surface area contributed by atoms with Gasteiger partial charge in [-0.05, 0) is 49.8 Å². The summed E-state index contributed by atoms with van der Waals surface area (Å²) in [4.78, 5) is 4.43. The second-order valence-corrected chi connectivity index (χ2v) is 5.99. The van der Waals surface area contributed by atoms with Gasteiger partial charge in [-0.3, -0.25) is 4.99 Å². The van der Waals surface area contributed by atoms with Crippen molar-refractivity contribution in [1.29, 1.82) is 0 Å². The summed E-state index contributed by atoms with van der Waals surface area (Å²) >= 11 is 6.08. The van der Waals surface area contributed by atoms with Gasteiger partial charge in [-0.15, -0.1) is 24.0 Å². The van der Waals surface area contributed by atoms with Crippen molar-refractivity contribution in [1.82, 2.24) is 0 Å². The maximum absolute atomic E-state index is 6.08. The number of nitrogens with two attached hydrogens (primary N) is 1. The minimum atomic E-state index is 0. The highest BCUT2D eigenvalue weighted by Crippen LogP contribution is 2.27. The lowest BCUT2D eigenvalue weighted by Crippen LogP contribution is -2.26. The number of aliphatic imine (C=N–C) groups is 1. The number of methoxy groups -OCH3 is 2. The second kappa shape index (κ2) is 10.2. The van der Waals surface area contributed by atoms with E-state index >= 15 is 0 Å². The number of nitrogens with one attached hydrogen (secondary N) is 1. The Morgan fingerprint density at radius 3 is 2.57 bits per heavy atom. The molecule has 1 aromatic carbocycles. The molecule has 1 aromatic rings. The zero-order valence-corrected chi connectivity index (χ0v) is 16.6. The van der Waals surface area contributed by atoms with Gasteiger partial charge >= 0.3 is 0 Å².